The van der Waals surface area contributed by atoms with Gasteiger partial charge < -0.3 is 5.32 Å². The number of nitrogens with one attached hydrogen (secondary N) is 1. The molecule has 4 nitrogen and oxygen atoms in total. The second-order valence-electron chi connectivity index (χ2n) is 6.35. The van der Waals surface area contributed by atoms with Crippen molar-refractivity contribution in [3.63, 3.8) is 0 Å². The number of nitrogens with zero attached hydrogens (tertiary/aromatic N) is 3. The van der Waals surface area contributed by atoms with E-state index < -0.39 is 0 Å². The van der Waals surface area contributed by atoms with Gasteiger partial charge in [0.2, 0.25) is 0 Å². The summed E-state index contributed by atoms with van der Waals surface area (Å²) in [5.41, 5.74) is 1.23. The highest BCUT2D eigenvalue weighted by Gasteiger charge is 2.29. The third-order valence-corrected chi connectivity index (χ3v) is 5.68. The van der Waals surface area contributed by atoms with Crippen molar-refractivity contribution < 1.29 is 0 Å². The van der Waals surface area contributed by atoms with Crippen molar-refractivity contribution in [2.24, 2.45) is 7.05 Å². The van der Waals surface area contributed by atoms with Gasteiger partial charge in [-0.1, -0.05) is 6.42 Å². The first kappa shape index (κ1) is 16.0. The molecule has 120 valence electrons. The number of aryl methyl sites for hydroxylation is 1. The van der Waals surface area contributed by atoms with Crippen LogP contribution in [-0.2, 0) is 13.6 Å². The van der Waals surface area contributed by atoms with Gasteiger partial charge in [-0.25, -0.2) is 0 Å². The van der Waals surface area contributed by atoms with Gasteiger partial charge in [-0.05, 0) is 25.0 Å². The molecule has 2 fully saturated rings. The van der Waals surface area contributed by atoms with E-state index in [1.54, 1.807) is 0 Å². The third kappa shape index (κ3) is 3.38. The summed E-state index contributed by atoms with van der Waals surface area (Å²) in [5, 5.41) is 8.01. The van der Waals surface area contributed by atoms with Crippen molar-refractivity contribution in [1.82, 2.24) is 20.0 Å². The van der Waals surface area contributed by atoms with Gasteiger partial charge >= 0.3 is 0 Å². The van der Waals surface area contributed by atoms with Crippen LogP contribution in [0.25, 0.3) is 10.4 Å². The number of fused-ring (bicyclic) bond motifs is 2. The molecule has 4 rings (SSSR count). The first-order chi connectivity index (χ1) is 10.3. The summed E-state index contributed by atoms with van der Waals surface area (Å²) in [5.74, 6) is 0. The van der Waals surface area contributed by atoms with Crippen molar-refractivity contribution in [3.05, 3.63) is 29.4 Å². The molecule has 2 aliphatic rings. The molecular weight excluding hydrogens is 316 g/mol. The molecule has 0 radical (unpaired) electrons. The first-order valence-electron chi connectivity index (χ1n) is 7.82. The summed E-state index contributed by atoms with van der Waals surface area (Å²) in [6.07, 6.45) is 8.13. The number of piperidine rings is 1. The summed E-state index contributed by atoms with van der Waals surface area (Å²) in [7, 11) is 1.97. The van der Waals surface area contributed by atoms with Crippen LogP contribution >= 0.6 is 23.7 Å². The van der Waals surface area contributed by atoms with Crippen LogP contribution in [-0.4, -0.2) is 39.9 Å². The fraction of sp³-hybridized carbons (Fsp3) is 0.562. The van der Waals surface area contributed by atoms with E-state index in [-0.39, 0.29) is 12.4 Å². The van der Waals surface area contributed by atoms with Crippen molar-refractivity contribution >= 4 is 23.7 Å². The molecular formula is C16H23ClN4S. The van der Waals surface area contributed by atoms with Gasteiger partial charge in [0.05, 0.1) is 6.20 Å². The van der Waals surface area contributed by atoms with E-state index >= 15 is 0 Å². The lowest BCUT2D eigenvalue weighted by atomic mass is 9.94. The summed E-state index contributed by atoms with van der Waals surface area (Å²) >= 11 is 1.91. The highest BCUT2D eigenvalue weighted by Crippen LogP contribution is 2.29. The molecule has 2 saturated heterocycles. The molecule has 6 heteroatoms. The Balaban J connectivity index is 0.00000144. The molecule has 2 atom stereocenters. The number of thiophene rings is 1. The molecule has 2 unspecified atom stereocenters. The van der Waals surface area contributed by atoms with Gasteiger partial charge in [-0.2, -0.15) is 5.10 Å². The lowest BCUT2D eigenvalue weighted by Crippen LogP contribution is -2.58. The lowest BCUT2D eigenvalue weighted by Gasteiger charge is -2.42. The second-order valence-corrected chi connectivity index (χ2v) is 7.52. The van der Waals surface area contributed by atoms with E-state index in [1.165, 1.54) is 47.7 Å². The number of halogens is 1. The molecule has 0 aromatic carbocycles. The Hall–Kier alpha value is -0.880. The van der Waals surface area contributed by atoms with Gasteiger partial charge in [0, 0.05) is 60.3 Å². The normalized spacial score (nSPS) is 25.0. The monoisotopic (exact) mass is 338 g/mol. The summed E-state index contributed by atoms with van der Waals surface area (Å²) in [6.45, 7) is 3.51. The highest BCUT2D eigenvalue weighted by atomic mass is 35.5. The Labute approximate surface area is 141 Å². The predicted octanol–water partition coefficient (Wildman–Crippen LogP) is 2.90. The van der Waals surface area contributed by atoms with Crippen molar-refractivity contribution in [2.45, 2.75) is 37.9 Å². The summed E-state index contributed by atoms with van der Waals surface area (Å²) in [6, 6.07) is 5.95. The fourth-order valence-corrected chi connectivity index (χ4v) is 4.64. The first-order valence-corrected chi connectivity index (χ1v) is 8.64. The molecule has 0 saturated carbocycles. The largest absolute Gasteiger partial charge is 0.309 e. The van der Waals surface area contributed by atoms with Gasteiger partial charge in [0.1, 0.15) is 0 Å². The third-order valence-electron chi connectivity index (χ3n) is 4.56. The molecule has 0 amide bonds. The number of likely N-dealkylation sites (tertiary alicyclic amines) is 1. The molecule has 2 aromatic heterocycles. The fourth-order valence-electron chi connectivity index (χ4n) is 3.61. The molecule has 2 aliphatic heterocycles. The van der Waals surface area contributed by atoms with Crippen LogP contribution in [0.4, 0.5) is 0 Å². The average molecular weight is 339 g/mol. The zero-order valence-electron chi connectivity index (χ0n) is 12.9. The van der Waals surface area contributed by atoms with E-state index in [0.29, 0.717) is 0 Å². The Bertz CT molecular complexity index is 611. The quantitative estimate of drug-likeness (QED) is 0.934. The zero-order chi connectivity index (χ0) is 14.2. The maximum absolute atomic E-state index is 4.26. The van der Waals surface area contributed by atoms with E-state index in [1.807, 2.05) is 29.3 Å². The van der Waals surface area contributed by atoms with Crippen LogP contribution in [0, 0.1) is 0 Å². The Morgan fingerprint density at radius 2 is 2.05 bits per heavy atom. The molecule has 1 N–H and O–H groups in total. The molecule has 2 aromatic rings. The molecule has 22 heavy (non-hydrogen) atoms. The lowest BCUT2D eigenvalue weighted by molar-refractivity contribution is 0.120. The van der Waals surface area contributed by atoms with Crippen molar-refractivity contribution in [1.29, 1.82) is 0 Å². The maximum Gasteiger partial charge on any atom is 0.0576 e. The Morgan fingerprint density at radius 1 is 1.27 bits per heavy atom. The smallest absolute Gasteiger partial charge is 0.0576 e. The van der Waals surface area contributed by atoms with E-state index in [0.717, 1.165) is 18.6 Å². The van der Waals surface area contributed by atoms with Crippen LogP contribution in [0.2, 0.25) is 0 Å². The topological polar surface area (TPSA) is 33.1 Å². The minimum atomic E-state index is 0. The van der Waals surface area contributed by atoms with E-state index in [2.05, 4.69) is 33.6 Å². The average Bonchev–Trinajstić information content (AvgIpc) is 3.07. The molecule has 0 spiro atoms. The van der Waals surface area contributed by atoms with Gasteiger partial charge in [0.25, 0.3) is 0 Å². The SMILES string of the molecule is Cl.Cn1cc(-c2ccc(CN3CC4CCCC(C3)N4)s2)cn1. The van der Waals surface area contributed by atoms with Gasteiger partial charge in [0.15, 0.2) is 0 Å². The number of rotatable bonds is 3. The Morgan fingerprint density at radius 3 is 2.73 bits per heavy atom. The summed E-state index contributed by atoms with van der Waals surface area (Å²) < 4.78 is 1.87. The summed E-state index contributed by atoms with van der Waals surface area (Å²) in [4.78, 5) is 5.42. The van der Waals surface area contributed by atoms with Crippen LogP contribution in [0.15, 0.2) is 24.5 Å². The van der Waals surface area contributed by atoms with Crippen LogP contribution in [0.5, 0.6) is 0 Å². The Kier molecular flexibility index (Phi) is 4.88. The highest BCUT2D eigenvalue weighted by molar-refractivity contribution is 7.15. The minimum absolute atomic E-state index is 0. The molecule has 0 aliphatic carbocycles. The van der Waals surface area contributed by atoms with Crippen LogP contribution in [0.3, 0.4) is 0 Å². The second kappa shape index (κ2) is 6.71. The number of hydrogen-bond acceptors (Lipinski definition) is 4. The van der Waals surface area contributed by atoms with Crippen molar-refractivity contribution in [3.8, 4) is 10.4 Å². The van der Waals surface area contributed by atoms with Gasteiger partial charge in [-0.3, -0.25) is 9.58 Å². The van der Waals surface area contributed by atoms with Gasteiger partial charge in [-0.15, -0.1) is 23.7 Å². The zero-order valence-corrected chi connectivity index (χ0v) is 14.5. The van der Waals surface area contributed by atoms with Crippen LogP contribution < -0.4 is 5.32 Å². The molecule has 4 heterocycles. The standard InChI is InChI=1S/C16H22N4S.ClH/c1-19-8-12(7-17-19)16-6-5-15(21-16)11-20-9-13-3-2-4-14(10-20)18-13;/h5-8,13-14,18H,2-4,9-11H2,1H3;1H. The number of piperazine rings is 1. The van der Waals surface area contributed by atoms with E-state index in [4.69, 9.17) is 0 Å². The molecule has 2 bridgehead atoms. The minimum Gasteiger partial charge on any atom is -0.309 e. The maximum atomic E-state index is 4.26. The predicted molar refractivity (Wildman–Crippen MR) is 93.6 cm³/mol. The van der Waals surface area contributed by atoms with Crippen molar-refractivity contribution in [2.75, 3.05) is 13.1 Å². The number of aromatic nitrogens is 2. The van der Waals surface area contributed by atoms with Crippen LogP contribution in [0.1, 0.15) is 24.1 Å². The number of hydrogen-bond donors (Lipinski definition) is 1. The van der Waals surface area contributed by atoms with E-state index in [9.17, 15) is 0 Å².